The van der Waals surface area contributed by atoms with Gasteiger partial charge in [0.25, 0.3) is 0 Å². The van der Waals surface area contributed by atoms with Crippen molar-refractivity contribution in [1.82, 2.24) is 4.98 Å². The van der Waals surface area contributed by atoms with Crippen LogP contribution in [-0.4, -0.2) is 4.98 Å². The van der Waals surface area contributed by atoms with E-state index in [1.54, 1.807) is 0 Å². The van der Waals surface area contributed by atoms with E-state index in [0.29, 0.717) is 5.56 Å². The largest absolute Gasteiger partial charge is 0.384 e. The molecule has 0 unspecified atom stereocenters. The number of nitrogens with two attached hydrogens (primary N) is 1. The minimum absolute atomic E-state index is 0.00787. The maximum atomic E-state index is 7.58. The SMILES string of the molecule is [2H]c1nc(N)c([2H])c([2H])c1C(C)C. The molecular formula is C8H12N2. The Balaban J connectivity index is 3.44. The lowest BCUT2D eigenvalue weighted by molar-refractivity contribution is 0.859. The first-order chi connectivity index (χ1) is 5.95. The molecule has 54 valence electrons. The van der Waals surface area contributed by atoms with E-state index in [0.717, 1.165) is 0 Å². The van der Waals surface area contributed by atoms with Crippen LogP contribution in [0.3, 0.4) is 0 Å². The highest BCUT2D eigenvalue weighted by Crippen LogP contribution is 2.12. The summed E-state index contributed by atoms with van der Waals surface area (Å²) in [5.74, 6) is -0.0170. The lowest BCUT2D eigenvalue weighted by atomic mass is 10.1. The van der Waals surface area contributed by atoms with Crippen molar-refractivity contribution in [1.29, 1.82) is 0 Å². The van der Waals surface area contributed by atoms with Crippen molar-refractivity contribution < 1.29 is 4.11 Å². The molecule has 2 N–H and O–H groups in total. The first-order valence-corrected chi connectivity index (χ1v) is 3.18. The van der Waals surface area contributed by atoms with Crippen LogP contribution in [0.5, 0.6) is 0 Å². The summed E-state index contributed by atoms with van der Waals surface area (Å²) in [6, 6.07) is -0.0628. The summed E-state index contributed by atoms with van der Waals surface area (Å²) in [5.41, 5.74) is 5.84. The smallest absolute Gasteiger partial charge is 0.123 e. The number of nitrogens with zero attached hydrogens (tertiary/aromatic N) is 1. The lowest BCUT2D eigenvalue weighted by Crippen LogP contribution is -1.92. The molecule has 0 aliphatic carbocycles. The van der Waals surface area contributed by atoms with Gasteiger partial charge in [0.05, 0.1) is 4.11 Å². The zero-order valence-corrected chi connectivity index (χ0v) is 6.10. The van der Waals surface area contributed by atoms with Gasteiger partial charge in [-0.3, -0.25) is 0 Å². The molecule has 0 aromatic carbocycles. The molecule has 10 heavy (non-hydrogen) atoms. The second kappa shape index (κ2) is 2.69. The first kappa shape index (κ1) is 3.96. The molecule has 0 saturated heterocycles. The van der Waals surface area contributed by atoms with E-state index >= 15 is 0 Å². The highest BCUT2D eigenvalue weighted by molar-refractivity contribution is 5.30. The minimum Gasteiger partial charge on any atom is -0.384 e. The topological polar surface area (TPSA) is 38.9 Å². The van der Waals surface area contributed by atoms with Gasteiger partial charge in [0.15, 0.2) is 0 Å². The normalized spacial score (nSPS) is 14.5. The van der Waals surface area contributed by atoms with Crippen molar-refractivity contribution in [3.63, 3.8) is 0 Å². The number of pyridine rings is 1. The Labute approximate surface area is 65.3 Å². The van der Waals surface area contributed by atoms with Crippen LogP contribution in [0.1, 0.15) is 29.4 Å². The van der Waals surface area contributed by atoms with Crippen molar-refractivity contribution in [2.45, 2.75) is 19.8 Å². The molecule has 0 bridgehead atoms. The standard InChI is InChI=1S/C8H12N2/c1-6(2)7-3-4-8(9)10-5-7/h3-6H,1-2H3,(H2,9,10)/i3D,4D,5D. The van der Waals surface area contributed by atoms with Crippen molar-refractivity contribution in [3.05, 3.63) is 23.8 Å². The van der Waals surface area contributed by atoms with Gasteiger partial charge in [-0.1, -0.05) is 19.9 Å². The molecule has 0 amide bonds. The van der Waals surface area contributed by atoms with Gasteiger partial charge in [-0.2, -0.15) is 0 Å². The summed E-state index contributed by atoms with van der Waals surface area (Å²) in [5, 5.41) is 0. The van der Waals surface area contributed by atoms with Gasteiger partial charge in [-0.25, -0.2) is 4.98 Å². The number of hydrogen-bond donors (Lipinski definition) is 1. The average Bonchev–Trinajstić information content (AvgIpc) is 1.99. The molecule has 0 atom stereocenters. The van der Waals surface area contributed by atoms with Crippen LogP contribution >= 0.6 is 0 Å². The molecule has 1 aromatic rings. The Morgan fingerprint density at radius 2 is 2.30 bits per heavy atom. The molecule has 1 heterocycles. The Bertz CT molecular complexity index is 337. The molecule has 0 saturated carbocycles. The van der Waals surface area contributed by atoms with Gasteiger partial charge in [-0.05, 0) is 17.5 Å². The first-order valence-electron chi connectivity index (χ1n) is 4.68. The molecule has 0 fully saturated rings. The van der Waals surface area contributed by atoms with E-state index in [2.05, 4.69) is 4.98 Å². The van der Waals surface area contributed by atoms with Crippen LogP contribution < -0.4 is 5.73 Å². The van der Waals surface area contributed by atoms with E-state index in [4.69, 9.17) is 9.85 Å². The highest BCUT2D eigenvalue weighted by Gasteiger charge is 1.96. The summed E-state index contributed by atoms with van der Waals surface area (Å²) in [6.07, 6.45) is 0.00787. The Hall–Kier alpha value is -1.05. The van der Waals surface area contributed by atoms with Gasteiger partial charge >= 0.3 is 0 Å². The number of hydrogen-bond acceptors (Lipinski definition) is 2. The Kier molecular flexibility index (Phi) is 1.07. The number of rotatable bonds is 1. The predicted molar refractivity (Wildman–Crippen MR) is 42.7 cm³/mol. The Morgan fingerprint density at radius 3 is 2.90 bits per heavy atom. The third-order valence-corrected chi connectivity index (χ3v) is 1.20. The third kappa shape index (κ3) is 1.47. The maximum Gasteiger partial charge on any atom is 0.123 e. The van der Waals surface area contributed by atoms with Crippen LogP contribution in [0.2, 0.25) is 0 Å². The monoisotopic (exact) mass is 139 g/mol. The molecule has 1 rings (SSSR count). The van der Waals surface area contributed by atoms with E-state index in [1.807, 2.05) is 13.8 Å². The molecule has 0 spiro atoms. The van der Waals surface area contributed by atoms with E-state index < -0.39 is 0 Å². The molecular weight excluding hydrogens is 124 g/mol. The van der Waals surface area contributed by atoms with Crippen LogP contribution in [-0.2, 0) is 0 Å². The molecule has 1 aromatic heterocycles. The number of nitrogen functional groups attached to an aromatic ring is 1. The van der Waals surface area contributed by atoms with E-state index in [1.165, 1.54) is 0 Å². The maximum absolute atomic E-state index is 7.58. The summed E-state index contributed by atoms with van der Waals surface area (Å²) in [7, 11) is 0. The van der Waals surface area contributed by atoms with E-state index in [-0.39, 0.29) is 30.0 Å². The van der Waals surface area contributed by atoms with Gasteiger partial charge in [0, 0.05) is 6.17 Å². The minimum atomic E-state index is -0.0836. The van der Waals surface area contributed by atoms with Crippen molar-refractivity contribution in [2.24, 2.45) is 0 Å². The van der Waals surface area contributed by atoms with Crippen molar-refractivity contribution >= 4 is 5.82 Å². The second-order valence-corrected chi connectivity index (χ2v) is 2.43. The summed E-state index contributed by atoms with van der Waals surface area (Å²) in [6.45, 7) is 3.73. The average molecular weight is 139 g/mol. The molecule has 2 heteroatoms. The zero-order valence-electron chi connectivity index (χ0n) is 9.10. The summed E-state index contributed by atoms with van der Waals surface area (Å²) >= 11 is 0. The molecule has 2 nitrogen and oxygen atoms in total. The van der Waals surface area contributed by atoms with E-state index in [9.17, 15) is 0 Å². The van der Waals surface area contributed by atoms with Crippen LogP contribution in [0.15, 0.2) is 18.3 Å². The second-order valence-electron chi connectivity index (χ2n) is 2.43. The fourth-order valence-electron chi connectivity index (χ4n) is 0.581. The third-order valence-electron chi connectivity index (χ3n) is 1.20. The van der Waals surface area contributed by atoms with Crippen molar-refractivity contribution in [2.75, 3.05) is 5.73 Å². The molecule has 0 aliphatic heterocycles. The lowest BCUT2D eigenvalue weighted by Gasteiger charge is -2.02. The van der Waals surface area contributed by atoms with Gasteiger partial charge in [-0.15, -0.1) is 0 Å². The fraction of sp³-hybridized carbons (Fsp3) is 0.375. The predicted octanol–water partition coefficient (Wildman–Crippen LogP) is 1.79. The van der Waals surface area contributed by atoms with Gasteiger partial charge < -0.3 is 5.73 Å². The fourth-order valence-corrected chi connectivity index (χ4v) is 0.581. The van der Waals surface area contributed by atoms with Crippen molar-refractivity contribution in [3.8, 4) is 0 Å². The van der Waals surface area contributed by atoms with Crippen LogP contribution in [0.4, 0.5) is 5.82 Å². The quantitative estimate of drug-likeness (QED) is 0.644. The van der Waals surface area contributed by atoms with Gasteiger partial charge in [0.1, 0.15) is 5.82 Å². The Morgan fingerprint density at radius 1 is 1.60 bits per heavy atom. The highest BCUT2D eigenvalue weighted by atomic mass is 14.8. The number of aromatic nitrogens is 1. The zero-order chi connectivity index (χ0) is 10.2. The van der Waals surface area contributed by atoms with Gasteiger partial charge in [0.2, 0.25) is 0 Å². The molecule has 0 aliphatic rings. The summed E-state index contributed by atoms with van der Waals surface area (Å²) < 4.78 is 22.5. The van der Waals surface area contributed by atoms with Crippen LogP contribution in [0, 0.1) is 0 Å². The summed E-state index contributed by atoms with van der Waals surface area (Å²) in [4.78, 5) is 3.69. The number of anilines is 1. The molecule has 0 radical (unpaired) electrons. The van der Waals surface area contributed by atoms with Crippen LogP contribution in [0.25, 0.3) is 0 Å².